The van der Waals surface area contributed by atoms with Gasteiger partial charge in [-0.3, -0.25) is 0 Å². The molecule has 2 aromatic carbocycles. The summed E-state index contributed by atoms with van der Waals surface area (Å²) in [6, 6.07) is 15.5. The first-order valence-corrected chi connectivity index (χ1v) is 7.85. The maximum absolute atomic E-state index is 6.10. The lowest BCUT2D eigenvalue weighted by Gasteiger charge is -2.18. The van der Waals surface area contributed by atoms with E-state index in [2.05, 4.69) is 10.6 Å². The second-order valence-electron chi connectivity index (χ2n) is 5.09. The molecule has 0 aliphatic heterocycles. The van der Waals surface area contributed by atoms with Crippen molar-refractivity contribution in [2.75, 3.05) is 11.9 Å². The van der Waals surface area contributed by atoms with E-state index >= 15 is 0 Å². The summed E-state index contributed by atoms with van der Waals surface area (Å²) in [7, 11) is 0. The van der Waals surface area contributed by atoms with E-state index in [4.69, 9.17) is 28.6 Å². The number of hydrogen-bond acceptors (Lipinski definition) is 2. The number of thiocarbonyl (C=S) groups is 1. The molecule has 116 valence electrons. The largest absolute Gasteiger partial charge is 0.491 e. The standard InChI is InChI=1S/C17H19ClN2OS/c1-12-8-9-14(10-16(12)18)20-17(22)19-13(2)11-21-15-6-4-3-5-7-15/h3-10,13H,11H2,1-2H3,(H2,19,20,22)/t13-/m1/s1. The Balaban J connectivity index is 1.79. The van der Waals surface area contributed by atoms with Gasteiger partial charge in [0.05, 0.1) is 6.04 Å². The van der Waals surface area contributed by atoms with Crippen LogP contribution in [0.25, 0.3) is 0 Å². The number of anilines is 1. The Morgan fingerprint density at radius 1 is 1.23 bits per heavy atom. The highest BCUT2D eigenvalue weighted by Crippen LogP contribution is 2.19. The van der Waals surface area contributed by atoms with Crippen molar-refractivity contribution in [1.29, 1.82) is 0 Å². The summed E-state index contributed by atoms with van der Waals surface area (Å²) in [5.74, 6) is 0.848. The van der Waals surface area contributed by atoms with Gasteiger partial charge in [-0.15, -0.1) is 0 Å². The quantitative estimate of drug-likeness (QED) is 0.794. The molecule has 0 fully saturated rings. The second kappa shape index (κ2) is 8.01. The third-order valence-corrected chi connectivity index (χ3v) is 3.68. The monoisotopic (exact) mass is 334 g/mol. The van der Waals surface area contributed by atoms with Crippen LogP contribution in [0.15, 0.2) is 48.5 Å². The van der Waals surface area contributed by atoms with Gasteiger partial charge >= 0.3 is 0 Å². The molecule has 0 saturated heterocycles. The average molecular weight is 335 g/mol. The van der Waals surface area contributed by atoms with Crippen LogP contribution in [0, 0.1) is 6.92 Å². The lowest BCUT2D eigenvalue weighted by Crippen LogP contribution is -2.39. The fraction of sp³-hybridized carbons (Fsp3) is 0.235. The smallest absolute Gasteiger partial charge is 0.171 e. The lowest BCUT2D eigenvalue weighted by atomic mass is 10.2. The minimum atomic E-state index is 0.0844. The van der Waals surface area contributed by atoms with Gasteiger partial charge in [0.2, 0.25) is 0 Å². The first-order chi connectivity index (χ1) is 10.5. The molecule has 0 aliphatic rings. The van der Waals surface area contributed by atoms with Gasteiger partial charge in [-0.25, -0.2) is 0 Å². The average Bonchev–Trinajstić information content (AvgIpc) is 2.50. The van der Waals surface area contributed by atoms with E-state index in [-0.39, 0.29) is 6.04 Å². The third-order valence-electron chi connectivity index (χ3n) is 3.05. The van der Waals surface area contributed by atoms with Crippen molar-refractivity contribution < 1.29 is 4.74 Å². The van der Waals surface area contributed by atoms with Crippen LogP contribution in [-0.4, -0.2) is 17.8 Å². The summed E-state index contributed by atoms with van der Waals surface area (Å²) in [4.78, 5) is 0. The molecule has 0 aliphatic carbocycles. The fourth-order valence-electron chi connectivity index (χ4n) is 1.84. The van der Waals surface area contributed by atoms with Crippen molar-refractivity contribution in [1.82, 2.24) is 5.32 Å². The molecule has 0 spiro atoms. The van der Waals surface area contributed by atoms with Crippen LogP contribution >= 0.6 is 23.8 Å². The van der Waals surface area contributed by atoms with E-state index in [0.29, 0.717) is 16.7 Å². The molecule has 0 heterocycles. The molecule has 0 radical (unpaired) electrons. The zero-order valence-electron chi connectivity index (χ0n) is 12.6. The Morgan fingerprint density at radius 3 is 2.64 bits per heavy atom. The summed E-state index contributed by atoms with van der Waals surface area (Å²) in [6.07, 6.45) is 0. The molecule has 0 saturated carbocycles. The Kier molecular flexibility index (Phi) is 6.04. The summed E-state index contributed by atoms with van der Waals surface area (Å²) in [5, 5.41) is 7.57. The van der Waals surface area contributed by atoms with Gasteiger partial charge in [-0.2, -0.15) is 0 Å². The number of nitrogens with one attached hydrogen (secondary N) is 2. The molecule has 2 N–H and O–H groups in total. The van der Waals surface area contributed by atoms with Gasteiger partial charge in [0, 0.05) is 10.7 Å². The number of para-hydroxylation sites is 1. The number of ether oxygens (including phenoxy) is 1. The second-order valence-corrected chi connectivity index (χ2v) is 5.90. The number of hydrogen-bond donors (Lipinski definition) is 2. The Hall–Kier alpha value is -1.78. The molecule has 2 rings (SSSR count). The number of aryl methyl sites for hydroxylation is 1. The maximum atomic E-state index is 6.10. The zero-order chi connectivity index (χ0) is 15.9. The van der Waals surface area contributed by atoms with Crippen LogP contribution in [0.1, 0.15) is 12.5 Å². The highest BCUT2D eigenvalue weighted by molar-refractivity contribution is 7.80. The van der Waals surface area contributed by atoms with Crippen LogP contribution in [0.4, 0.5) is 5.69 Å². The summed E-state index contributed by atoms with van der Waals surface area (Å²) < 4.78 is 5.68. The molecule has 5 heteroatoms. The highest BCUT2D eigenvalue weighted by Gasteiger charge is 2.06. The Bertz CT molecular complexity index is 634. The van der Waals surface area contributed by atoms with Gasteiger partial charge in [0.15, 0.2) is 5.11 Å². The minimum absolute atomic E-state index is 0.0844. The lowest BCUT2D eigenvalue weighted by molar-refractivity contribution is 0.287. The molecule has 0 unspecified atom stereocenters. The molecule has 1 atom stereocenters. The first-order valence-electron chi connectivity index (χ1n) is 7.06. The molecule has 22 heavy (non-hydrogen) atoms. The van der Waals surface area contributed by atoms with E-state index in [1.54, 1.807) is 0 Å². The van der Waals surface area contributed by atoms with Gasteiger partial charge in [0.25, 0.3) is 0 Å². The summed E-state index contributed by atoms with van der Waals surface area (Å²) in [6.45, 7) is 4.51. The van der Waals surface area contributed by atoms with Crippen LogP contribution < -0.4 is 15.4 Å². The topological polar surface area (TPSA) is 33.3 Å². The molecular weight excluding hydrogens is 316 g/mol. The van der Waals surface area contributed by atoms with Crippen molar-refractivity contribution in [3.05, 3.63) is 59.1 Å². The van der Waals surface area contributed by atoms with Gasteiger partial charge in [-0.05, 0) is 55.9 Å². The van der Waals surface area contributed by atoms with Crippen molar-refractivity contribution in [3.63, 3.8) is 0 Å². The Labute approximate surface area is 141 Å². The molecular formula is C17H19ClN2OS. The van der Waals surface area contributed by atoms with Gasteiger partial charge < -0.3 is 15.4 Å². The molecule has 2 aromatic rings. The highest BCUT2D eigenvalue weighted by atomic mass is 35.5. The van der Waals surface area contributed by atoms with Crippen molar-refractivity contribution in [2.45, 2.75) is 19.9 Å². The number of benzene rings is 2. The van der Waals surface area contributed by atoms with Crippen LogP contribution in [-0.2, 0) is 0 Å². The van der Waals surface area contributed by atoms with Crippen molar-refractivity contribution in [2.24, 2.45) is 0 Å². The predicted octanol–water partition coefficient (Wildman–Crippen LogP) is 4.40. The number of halogens is 1. The normalized spacial score (nSPS) is 11.6. The van der Waals surface area contributed by atoms with Crippen LogP contribution in [0.2, 0.25) is 5.02 Å². The zero-order valence-corrected chi connectivity index (χ0v) is 14.2. The summed E-state index contributed by atoms with van der Waals surface area (Å²) >= 11 is 11.4. The molecule has 0 amide bonds. The van der Waals surface area contributed by atoms with Gasteiger partial charge in [-0.1, -0.05) is 35.9 Å². The third kappa shape index (κ3) is 5.20. The Morgan fingerprint density at radius 2 is 1.95 bits per heavy atom. The van der Waals surface area contributed by atoms with Gasteiger partial charge in [0.1, 0.15) is 12.4 Å². The number of rotatable bonds is 5. The van der Waals surface area contributed by atoms with Crippen LogP contribution in [0.5, 0.6) is 5.75 Å². The molecule has 0 aromatic heterocycles. The van der Waals surface area contributed by atoms with E-state index in [1.807, 2.05) is 62.4 Å². The summed E-state index contributed by atoms with van der Waals surface area (Å²) in [5.41, 5.74) is 1.90. The molecule has 3 nitrogen and oxygen atoms in total. The van der Waals surface area contributed by atoms with Crippen molar-refractivity contribution in [3.8, 4) is 5.75 Å². The minimum Gasteiger partial charge on any atom is -0.491 e. The van der Waals surface area contributed by atoms with E-state index in [0.717, 1.165) is 17.0 Å². The van der Waals surface area contributed by atoms with Crippen molar-refractivity contribution >= 4 is 34.6 Å². The van der Waals surface area contributed by atoms with E-state index < -0.39 is 0 Å². The van der Waals surface area contributed by atoms with E-state index in [9.17, 15) is 0 Å². The predicted molar refractivity (Wildman–Crippen MR) is 96.9 cm³/mol. The fourth-order valence-corrected chi connectivity index (χ4v) is 2.34. The van der Waals surface area contributed by atoms with Crippen LogP contribution in [0.3, 0.4) is 0 Å². The first kappa shape index (κ1) is 16.6. The maximum Gasteiger partial charge on any atom is 0.171 e. The van der Waals surface area contributed by atoms with E-state index in [1.165, 1.54) is 0 Å². The SMILES string of the molecule is Cc1ccc(NC(=S)N[C@H](C)COc2ccccc2)cc1Cl. The molecule has 0 bridgehead atoms.